The van der Waals surface area contributed by atoms with Gasteiger partial charge in [-0.15, -0.1) is 0 Å². The van der Waals surface area contributed by atoms with Crippen molar-refractivity contribution in [2.45, 2.75) is 19.8 Å². The average Bonchev–Trinajstić information content (AvgIpc) is 3.01. The molecule has 0 atom stereocenters. The molecule has 2 heteroatoms. The highest BCUT2D eigenvalue weighted by Crippen LogP contribution is 2.32. The smallest absolute Gasteiger partial charge is 0.161 e. The van der Waals surface area contributed by atoms with Gasteiger partial charge in [-0.1, -0.05) is 6.07 Å². The van der Waals surface area contributed by atoms with Gasteiger partial charge in [0.1, 0.15) is 0 Å². The molecule has 1 saturated carbocycles. The molecule has 0 aromatic heterocycles. The summed E-state index contributed by atoms with van der Waals surface area (Å²) in [5.74, 6) is 2.41. The quantitative estimate of drug-likeness (QED) is 0.712. The Bertz CT molecular complexity index is 292. The van der Waals surface area contributed by atoms with E-state index in [0.29, 0.717) is 6.61 Å². The molecule has 0 heterocycles. The largest absolute Gasteiger partial charge is 0.490 e. The summed E-state index contributed by atoms with van der Waals surface area (Å²) in [4.78, 5) is 0. The molecule has 2 nitrogen and oxygen atoms in total. The fourth-order valence-electron chi connectivity index (χ4n) is 1.28. The Morgan fingerprint density at radius 1 is 1.36 bits per heavy atom. The van der Waals surface area contributed by atoms with Crippen LogP contribution in [-0.4, -0.2) is 13.2 Å². The lowest BCUT2D eigenvalue weighted by Gasteiger charge is -2.10. The maximum absolute atomic E-state index is 5.66. The van der Waals surface area contributed by atoms with Gasteiger partial charge in [0.05, 0.1) is 13.2 Å². The zero-order valence-corrected chi connectivity index (χ0v) is 8.45. The highest BCUT2D eigenvalue weighted by atomic mass is 16.5. The molecular formula is C12H15O2. The Kier molecular flexibility index (Phi) is 2.92. The van der Waals surface area contributed by atoms with Gasteiger partial charge in [-0.25, -0.2) is 0 Å². The zero-order chi connectivity index (χ0) is 9.80. The summed E-state index contributed by atoms with van der Waals surface area (Å²) in [6, 6.07) is 8.58. The van der Waals surface area contributed by atoms with Crippen LogP contribution < -0.4 is 9.47 Å². The van der Waals surface area contributed by atoms with Crippen LogP contribution in [0.3, 0.4) is 0 Å². The second kappa shape index (κ2) is 4.36. The first-order valence-corrected chi connectivity index (χ1v) is 5.16. The molecule has 0 unspecified atom stereocenters. The Morgan fingerprint density at radius 2 is 2.21 bits per heavy atom. The topological polar surface area (TPSA) is 18.5 Å². The monoisotopic (exact) mass is 191 g/mol. The third-order valence-corrected chi connectivity index (χ3v) is 2.26. The molecular weight excluding hydrogens is 176 g/mol. The summed E-state index contributed by atoms with van der Waals surface area (Å²) in [6.45, 7) is 3.46. The van der Waals surface area contributed by atoms with Crippen LogP contribution >= 0.6 is 0 Å². The Hall–Kier alpha value is -1.18. The molecule has 0 saturated heterocycles. The molecule has 75 valence electrons. The molecule has 0 aliphatic heterocycles. The van der Waals surface area contributed by atoms with Crippen LogP contribution in [0.5, 0.6) is 11.5 Å². The number of rotatable bonds is 5. The van der Waals surface area contributed by atoms with E-state index >= 15 is 0 Å². The molecule has 1 fully saturated rings. The number of benzene rings is 1. The predicted molar refractivity (Wildman–Crippen MR) is 54.7 cm³/mol. The lowest BCUT2D eigenvalue weighted by Crippen LogP contribution is -2.01. The van der Waals surface area contributed by atoms with E-state index in [2.05, 4.69) is 6.07 Å². The number of ether oxygens (including phenoxy) is 2. The standard InChI is InChI=1S/C12H15O2/c1-2-13-11-5-3-4-6-12(11)14-9-10-7-8-10/h3,5-6,10H,2,7-9H2,1H3. The SMILES string of the molecule is CCOc1cc[c]cc1OCC1CC1. The van der Waals surface area contributed by atoms with Gasteiger partial charge in [0, 0.05) is 0 Å². The summed E-state index contributed by atoms with van der Waals surface area (Å²) >= 11 is 0. The lowest BCUT2D eigenvalue weighted by atomic mass is 10.3. The average molecular weight is 191 g/mol. The van der Waals surface area contributed by atoms with Crippen LogP contribution in [-0.2, 0) is 0 Å². The van der Waals surface area contributed by atoms with E-state index in [1.165, 1.54) is 12.8 Å². The van der Waals surface area contributed by atoms with Crippen molar-refractivity contribution in [2.75, 3.05) is 13.2 Å². The first-order valence-electron chi connectivity index (χ1n) is 5.16. The van der Waals surface area contributed by atoms with Gasteiger partial charge in [-0.2, -0.15) is 0 Å². The molecule has 0 bridgehead atoms. The summed E-state index contributed by atoms with van der Waals surface area (Å²) < 4.78 is 11.1. The molecule has 1 aromatic carbocycles. The molecule has 1 radical (unpaired) electrons. The van der Waals surface area contributed by atoms with Gasteiger partial charge in [0.2, 0.25) is 0 Å². The molecule has 1 aliphatic rings. The highest BCUT2D eigenvalue weighted by molar-refractivity contribution is 5.38. The minimum absolute atomic E-state index is 0.670. The summed E-state index contributed by atoms with van der Waals surface area (Å²) in [5.41, 5.74) is 0. The van der Waals surface area contributed by atoms with Crippen molar-refractivity contribution in [2.24, 2.45) is 5.92 Å². The van der Waals surface area contributed by atoms with Gasteiger partial charge < -0.3 is 9.47 Å². The fraction of sp³-hybridized carbons (Fsp3) is 0.500. The van der Waals surface area contributed by atoms with Crippen molar-refractivity contribution in [1.82, 2.24) is 0 Å². The van der Waals surface area contributed by atoms with E-state index < -0.39 is 0 Å². The normalized spacial score (nSPS) is 15.2. The van der Waals surface area contributed by atoms with E-state index in [0.717, 1.165) is 24.0 Å². The van der Waals surface area contributed by atoms with Crippen LogP contribution in [0.1, 0.15) is 19.8 Å². The third kappa shape index (κ3) is 2.41. The molecule has 0 N–H and O–H groups in total. The number of hydrogen-bond acceptors (Lipinski definition) is 2. The summed E-state index contributed by atoms with van der Waals surface area (Å²) in [5, 5.41) is 0. The maximum atomic E-state index is 5.66. The minimum atomic E-state index is 0.670. The minimum Gasteiger partial charge on any atom is -0.490 e. The summed E-state index contributed by atoms with van der Waals surface area (Å²) in [7, 11) is 0. The van der Waals surface area contributed by atoms with Gasteiger partial charge in [-0.05, 0) is 43.9 Å². The van der Waals surface area contributed by atoms with Crippen LogP contribution in [0.2, 0.25) is 0 Å². The van der Waals surface area contributed by atoms with Crippen molar-refractivity contribution < 1.29 is 9.47 Å². The van der Waals surface area contributed by atoms with Gasteiger partial charge in [0.15, 0.2) is 11.5 Å². The van der Waals surface area contributed by atoms with Crippen molar-refractivity contribution in [3.63, 3.8) is 0 Å². The number of hydrogen-bond donors (Lipinski definition) is 0. The first kappa shape index (κ1) is 9.38. The second-order valence-electron chi connectivity index (χ2n) is 3.56. The molecule has 1 aliphatic carbocycles. The van der Waals surface area contributed by atoms with Crippen molar-refractivity contribution >= 4 is 0 Å². The van der Waals surface area contributed by atoms with E-state index in [-0.39, 0.29) is 0 Å². The van der Waals surface area contributed by atoms with E-state index in [1.54, 1.807) is 0 Å². The van der Waals surface area contributed by atoms with Gasteiger partial charge >= 0.3 is 0 Å². The van der Waals surface area contributed by atoms with E-state index in [4.69, 9.17) is 9.47 Å². The Morgan fingerprint density at radius 3 is 2.93 bits per heavy atom. The van der Waals surface area contributed by atoms with E-state index in [9.17, 15) is 0 Å². The summed E-state index contributed by atoms with van der Waals surface area (Å²) in [6.07, 6.45) is 2.61. The predicted octanol–water partition coefficient (Wildman–Crippen LogP) is 2.67. The Balaban J connectivity index is 1.97. The van der Waals surface area contributed by atoms with Crippen LogP contribution in [0.25, 0.3) is 0 Å². The van der Waals surface area contributed by atoms with Crippen LogP contribution in [0.15, 0.2) is 18.2 Å². The molecule has 1 aromatic rings. The second-order valence-corrected chi connectivity index (χ2v) is 3.56. The van der Waals surface area contributed by atoms with Crippen molar-refractivity contribution in [3.8, 4) is 11.5 Å². The maximum Gasteiger partial charge on any atom is 0.161 e. The van der Waals surface area contributed by atoms with Crippen molar-refractivity contribution in [1.29, 1.82) is 0 Å². The Labute approximate surface area is 84.8 Å². The molecule has 0 amide bonds. The third-order valence-electron chi connectivity index (χ3n) is 2.26. The molecule has 0 spiro atoms. The van der Waals surface area contributed by atoms with Crippen LogP contribution in [0, 0.1) is 12.0 Å². The molecule has 2 rings (SSSR count). The fourth-order valence-corrected chi connectivity index (χ4v) is 1.28. The van der Waals surface area contributed by atoms with E-state index in [1.807, 2.05) is 25.1 Å². The van der Waals surface area contributed by atoms with Crippen LogP contribution in [0.4, 0.5) is 0 Å². The van der Waals surface area contributed by atoms with Gasteiger partial charge in [-0.3, -0.25) is 0 Å². The molecule has 14 heavy (non-hydrogen) atoms. The van der Waals surface area contributed by atoms with Crippen molar-refractivity contribution in [3.05, 3.63) is 24.3 Å². The first-order chi connectivity index (χ1) is 6.90. The van der Waals surface area contributed by atoms with Gasteiger partial charge in [0.25, 0.3) is 0 Å². The zero-order valence-electron chi connectivity index (χ0n) is 8.45. The highest BCUT2D eigenvalue weighted by Gasteiger charge is 2.22. The lowest BCUT2D eigenvalue weighted by molar-refractivity contribution is 0.267.